The third-order valence-corrected chi connectivity index (χ3v) is 3.74. The highest BCUT2D eigenvalue weighted by Crippen LogP contribution is 2.24. The molecule has 4 nitrogen and oxygen atoms in total. The number of nitrogens with one attached hydrogen (secondary N) is 2. The van der Waals surface area contributed by atoms with Crippen LogP contribution in [0.3, 0.4) is 0 Å². The lowest BCUT2D eigenvalue weighted by Crippen LogP contribution is -2.17. The van der Waals surface area contributed by atoms with Gasteiger partial charge in [0.1, 0.15) is 5.82 Å². The molecule has 0 aliphatic heterocycles. The molecule has 1 fully saturated rings. The van der Waals surface area contributed by atoms with E-state index in [9.17, 15) is 0 Å². The van der Waals surface area contributed by atoms with E-state index in [0.717, 1.165) is 23.0 Å². The Labute approximate surface area is 119 Å². The van der Waals surface area contributed by atoms with Crippen molar-refractivity contribution in [1.29, 1.82) is 0 Å². The fourth-order valence-electron chi connectivity index (χ4n) is 2.65. The van der Waals surface area contributed by atoms with Crippen LogP contribution >= 0.6 is 0 Å². The number of benzene rings is 1. The fraction of sp³-hybridized carbons (Fsp3) is 0.375. The standard InChI is InChI=1S/C16H20N4/c1-17-15-11-14(12-7-3-2-4-8-12)19-16(20-15)18-13-9-5-6-10-13/h2-4,7-8,11,13H,5-6,9-10H2,1H3,(H2,17,18,19,20). The Morgan fingerprint density at radius 3 is 2.50 bits per heavy atom. The number of rotatable bonds is 4. The van der Waals surface area contributed by atoms with Crippen LogP contribution in [0.2, 0.25) is 0 Å². The number of hydrogen-bond donors (Lipinski definition) is 2. The second-order valence-corrected chi connectivity index (χ2v) is 5.20. The van der Waals surface area contributed by atoms with Gasteiger partial charge in [0.15, 0.2) is 0 Å². The van der Waals surface area contributed by atoms with E-state index >= 15 is 0 Å². The van der Waals surface area contributed by atoms with Gasteiger partial charge in [0.2, 0.25) is 5.95 Å². The molecule has 1 heterocycles. The van der Waals surface area contributed by atoms with Gasteiger partial charge in [-0.05, 0) is 12.8 Å². The van der Waals surface area contributed by atoms with Crippen molar-refractivity contribution in [3.05, 3.63) is 36.4 Å². The maximum atomic E-state index is 4.65. The Morgan fingerprint density at radius 2 is 1.80 bits per heavy atom. The molecule has 1 aliphatic rings. The van der Waals surface area contributed by atoms with Crippen LogP contribution in [0, 0.1) is 0 Å². The molecule has 20 heavy (non-hydrogen) atoms. The molecule has 1 aliphatic carbocycles. The molecule has 0 saturated heterocycles. The van der Waals surface area contributed by atoms with Crippen LogP contribution < -0.4 is 10.6 Å². The lowest BCUT2D eigenvalue weighted by molar-refractivity contribution is 0.744. The van der Waals surface area contributed by atoms with E-state index in [0.29, 0.717) is 6.04 Å². The van der Waals surface area contributed by atoms with E-state index in [1.54, 1.807) is 0 Å². The van der Waals surface area contributed by atoms with Crippen LogP contribution in [0.15, 0.2) is 36.4 Å². The average Bonchev–Trinajstić information content (AvgIpc) is 3.00. The monoisotopic (exact) mass is 268 g/mol. The van der Waals surface area contributed by atoms with Gasteiger partial charge in [-0.25, -0.2) is 4.98 Å². The molecule has 1 saturated carbocycles. The Morgan fingerprint density at radius 1 is 1.05 bits per heavy atom. The van der Waals surface area contributed by atoms with Gasteiger partial charge >= 0.3 is 0 Å². The summed E-state index contributed by atoms with van der Waals surface area (Å²) < 4.78 is 0. The Balaban J connectivity index is 1.90. The maximum Gasteiger partial charge on any atom is 0.225 e. The van der Waals surface area contributed by atoms with Gasteiger partial charge in [0, 0.05) is 24.7 Å². The Hall–Kier alpha value is -2.10. The topological polar surface area (TPSA) is 49.8 Å². The zero-order chi connectivity index (χ0) is 13.8. The Bertz CT molecular complexity index is 562. The first-order chi connectivity index (χ1) is 9.85. The molecular weight excluding hydrogens is 248 g/mol. The van der Waals surface area contributed by atoms with Gasteiger partial charge in [0.05, 0.1) is 5.69 Å². The van der Waals surface area contributed by atoms with Crippen LogP contribution in [0.5, 0.6) is 0 Å². The third kappa shape index (κ3) is 2.90. The lowest BCUT2D eigenvalue weighted by Gasteiger charge is -2.14. The van der Waals surface area contributed by atoms with Gasteiger partial charge in [-0.3, -0.25) is 0 Å². The highest BCUT2D eigenvalue weighted by atomic mass is 15.2. The van der Waals surface area contributed by atoms with Crippen molar-refractivity contribution in [2.24, 2.45) is 0 Å². The summed E-state index contributed by atoms with van der Waals surface area (Å²) in [6, 6.07) is 12.7. The zero-order valence-corrected chi connectivity index (χ0v) is 11.8. The molecule has 0 atom stereocenters. The molecule has 0 unspecified atom stereocenters. The highest BCUT2D eigenvalue weighted by molar-refractivity contribution is 5.64. The van der Waals surface area contributed by atoms with Gasteiger partial charge < -0.3 is 10.6 Å². The van der Waals surface area contributed by atoms with E-state index in [-0.39, 0.29) is 0 Å². The maximum absolute atomic E-state index is 4.65. The van der Waals surface area contributed by atoms with E-state index in [1.807, 2.05) is 31.3 Å². The predicted octanol–water partition coefficient (Wildman–Crippen LogP) is 3.54. The summed E-state index contributed by atoms with van der Waals surface area (Å²) >= 11 is 0. The summed E-state index contributed by atoms with van der Waals surface area (Å²) in [4.78, 5) is 9.16. The molecular formula is C16H20N4. The van der Waals surface area contributed by atoms with Crippen LogP contribution in [-0.2, 0) is 0 Å². The van der Waals surface area contributed by atoms with Crippen LogP contribution in [0.1, 0.15) is 25.7 Å². The molecule has 104 valence electrons. The van der Waals surface area contributed by atoms with Crippen LogP contribution in [0.4, 0.5) is 11.8 Å². The largest absolute Gasteiger partial charge is 0.373 e. The minimum absolute atomic E-state index is 0.519. The van der Waals surface area contributed by atoms with Crippen molar-refractivity contribution in [2.75, 3.05) is 17.7 Å². The van der Waals surface area contributed by atoms with Gasteiger partial charge in [-0.15, -0.1) is 0 Å². The minimum Gasteiger partial charge on any atom is -0.373 e. The summed E-state index contributed by atoms with van der Waals surface area (Å²) in [6.07, 6.45) is 5.03. The minimum atomic E-state index is 0.519. The lowest BCUT2D eigenvalue weighted by atomic mass is 10.1. The highest BCUT2D eigenvalue weighted by Gasteiger charge is 2.16. The van der Waals surface area contributed by atoms with Gasteiger partial charge in [0.25, 0.3) is 0 Å². The first-order valence-electron chi connectivity index (χ1n) is 7.24. The van der Waals surface area contributed by atoms with Crippen molar-refractivity contribution < 1.29 is 0 Å². The number of nitrogens with zero attached hydrogens (tertiary/aromatic N) is 2. The zero-order valence-electron chi connectivity index (χ0n) is 11.8. The van der Waals surface area contributed by atoms with Gasteiger partial charge in [-0.1, -0.05) is 43.2 Å². The first kappa shape index (κ1) is 12.9. The van der Waals surface area contributed by atoms with Crippen LogP contribution in [-0.4, -0.2) is 23.1 Å². The molecule has 3 rings (SSSR count). The summed E-state index contributed by atoms with van der Waals surface area (Å²) in [5, 5.41) is 6.57. The second kappa shape index (κ2) is 5.90. The number of anilines is 2. The third-order valence-electron chi connectivity index (χ3n) is 3.74. The summed E-state index contributed by atoms with van der Waals surface area (Å²) in [6.45, 7) is 0. The van der Waals surface area contributed by atoms with Crippen molar-refractivity contribution in [3.63, 3.8) is 0 Å². The predicted molar refractivity (Wildman–Crippen MR) is 82.9 cm³/mol. The molecule has 0 amide bonds. The van der Waals surface area contributed by atoms with Crippen molar-refractivity contribution >= 4 is 11.8 Å². The smallest absolute Gasteiger partial charge is 0.225 e. The summed E-state index contributed by atoms with van der Waals surface area (Å²) in [7, 11) is 1.89. The van der Waals surface area contributed by atoms with E-state index in [1.165, 1.54) is 25.7 Å². The van der Waals surface area contributed by atoms with E-state index < -0.39 is 0 Å². The molecule has 0 bridgehead atoms. The number of hydrogen-bond acceptors (Lipinski definition) is 4. The second-order valence-electron chi connectivity index (χ2n) is 5.20. The van der Waals surface area contributed by atoms with Crippen LogP contribution in [0.25, 0.3) is 11.3 Å². The molecule has 2 aromatic rings. The normalized spacial score (nSPS) is 15.2. The quantitative estimate of drug-likeness (QED) is 0.890. The molecule has 1 aromatic carbocycles. The summed E-state index contributed by atoms with van der Waals surface area (Å²) in [5.74, 6) is 1.57. The molecule has 0 spiro atoms. The van der Waals surface area contributed by atoms with Gasteiger partial charge in [-0.2, -0.15) is 4.98 Å². The fourth-order valence-corrected chi connectivity index (χ4v) is 2.65. The van der Waals surface area contributed by atoms with E-state index in [4.69, 9.17) is 0 Å². The molecule has 2 N–H and O–H groups in total. The molecule has 0 radical (unpaired) electrons. The van der Waals surface area contributed by atoms with E-state index in [2.05, 4.69) is 32.7 Å². The number of aromatic nitrogens is 2. The average molecular weight is 268 g/mol. The van der Waals surface area contributed by atoms with Crippen molar-refractivity contribution in [3.8, 4) is 11.3 Å². The molecule has 1 aromatic heterocycles. The Kier molecular flexibility index (Phi) is 3.81. The first-order valence-corrected chi connectivity index (χ1v) is 7.24. The molecule has 4 heteroatoms. The summed E-state index contributed by atoms with van der Waals surface area (Å²) in [5.41, 5.74) is 2.06. The van der Waals surface area contributed by atoms with Crippen molar-refractivity contribution in [1.82, 2.24) is 9.97 Å². The van der Waals surface area contributed by atoms with Crippen molar-refractivity contribution in [2.45, 2.75) is 31.7 Å². The SMILES string of the molecule is CNc1cc(-c2ccccc2)nc(NC2CCCC2)n1.